The minimum absolute atomic E-state index is 0. The van der Waals surface area contributed by atoms with Gasteiger partial charge in [0.2, 0.25) is 6.29 Å². The maximum Gasteiger partial charge on any atom is 0.238 e. The van der Waals surface area contributed by atoms with E-state index in [2.05, 4.69) is 52.1 Å². The smallest absolute Gasteiger partial charge is 0.227 e. The Morgan fingerprint density at radius 3 is 1.23 bits per heavy atom. The zero-order valence-corrected chi connectivity index (χ0v) is 19.6. The van der Waals surface area contributed by atoms with Crippen LogP contribution in [0.4, 0.5) is 0 Å². The number of allylic oxidation sites excluding steroid dienone is 2. The Kier molecular flexibility index (Phi) is 11.8. The Hall–Kier alpha value is -2.37. The molecule has 0 aliphatic heterocycles. The van der Waals surface area contributed by atoms with Gasteiger partial charge in [0.1, 0.15) is 0 Å². The maximum atomic E-state index is 4.76. The predicted molar refractivity (Wildman–Crippen MR) is 119 cm³/mol. The first-order chi connectivity index (χ1) is 14.2. The third kappa shape index (κ3) is 7.15. The Morgan fingerprint density at radius 1 is 0.700 bits per heavy atom. The number of aryl methyl sites for hydroxylation is 3. The molecule has 0 unspecified atom stereocenters. The number of hydrogen-bond acceptors (Lipinski definition) is 3. The summed E-state index contributed by atoms with van der Waals surface area (Å²) in [6, 6.07) is 6.26. The molecule has 0 aliphatic carbocycles. The average Bonchev–Trinajstić information content (AvgIpc) is 3.47. The van der Waals surface area contributed by atoms with Crippen LogP contribution in [0.5, 0.6) is 0 Å². The van der Waals surface area contributed by atoms with Gasteiger partial charge in [0.25, 0.3) is 0 Å². The summed E-state index contributed by atoms with van der Waals surface area (Å²) in [6.45, 7) is 13.2. The van der Waals surface area contributed by atoms with Gasteiger partial charge in [-0.2, -0.15) is 15.3 Å². The first-order valence-corrected chi connectivity index (χ1v) is 10.5. The summed E-state index contributed by atoms with van der Waals surface area (Å²) in [5, 5.41) is 14.3. The first kappa shape index (κ1) is 25.7. The van der Waals surface area contributed by atoms with Crippen molar-refractivity contribution in [2.24, 2.45) is 0 Å². The molecule has 0 saturated carbocycles. The van der Waals surface area contributed by atoms with E-state index < -0.39 is 0 Å². The molecule has 0 amide bonds. The monoisotopic (exact) mass is 449 g/mol. The summed E-state index contributed by atoms with van der Waals surface area (Å²) in [4.78, 5) is 0. The van der Waals surface area contributed by atoms with Gasteiger partial charge < -0.3 is 0 Å². The van der Waals surface area contributed by atoms with E-state index in [-0.39, 0.29) is 23.4 Å². The van der Waals surface area contributed by atoms with E-state index in [1.165, 1.54) is 0 Å². The summed E-state index contributed by atoms with van der Waals surface area (Å²) >= 11 is 0. The zero-order valence-electron chi connectivity index (χ0n) is 18.4. The number of rotatable bonds is 10. The van der Waals surface area contributed by atoms with E-state index in [0.29, 0.717) is 0 Å². The molecule has 3 heterocycles. The van der Waals surface area contributed by atoms with Crippen LogP contribution in [0.25, 0.3) is 0 Å². The van der Waals surface area contributed by atoms with Gasteiger partial charge in [-0.05, 0) is 37.5 Å². The summed E-state index contributed by atoms with van der Waals surface area (Å²) in [5.41, 5.74) is 3.32. The molecule has 3 aromatic rings. The first-order valence-electron chi connectivity index (χ1n) is 10.5. The van der Waals surface area contributed by atoms with Crippen molar-refractivity contribution in [3.63, 3.8) is 0 Å². The van der Waals surface area contributed by atoms with Crippen LogP contribution >= 0.6 is 0 Å². The van der Waals surface area contributed by atoms with Crippen LogP contribution in [0, 0.1) is 0 Å². The van der Waals surface area contributed by atoms with Gasteiger partial charge in [-0.15, -0.1) is 0 Å². The van der Waals surface area contributed by atoms with Crippen molar-refractivity contribution < 1.29 is 17.1 Å². The van der Waals surface area contributed by atoms with E-state index in [9.17, 15) is 0 Å². The Bertz CT molecular complexity index is 765. The van der Waals surface area contributed by atoms with Crippen molar-refractivity contribution in [3.05, 3.63) is 79.2 Å². The SMILES string of the molecule is C=CC=C.CCCc1ccn(C(n2ccc(CCC)n2)n2ccc(CCC)n2)n1.[Mn]. The van der Waals surface area contributed by atoms with Crippen molar-refractivity contribution in [1.29, 1.82) is 0 Å². The third-order valence-electron chi connectivity index (χ3n) is 4.39. The zero-order chi connectivity index (χ0) is 21.1. The minimum atomic E-state index is -0.207. The molecule has 0 bridgehead atoms. The van der Waals surface area contributed by atoms with Gasteiger partial charge in [-0.25, -0.2) is 14.0 Å². The Labute approximate surface area is 191 Å². The van der Waals surface area contributed by atoms with Gasteiger partial charge in [-0.3, -0.25) is 0 Å². The van der Waals surface area contributed by atoms with Crippen molar-refractivity contribution in [2.75, 3.05) is 0 Å². The Morgan fingerprint density at radius 2 is 1.00 bits per heavy atom. The van der Waals surface area contributed by atoms with E-state index in [1.807, 2.05) is 32.6 Å². The van der Waals surface area contributed by atoms with Crippen LogP contribution in [0.3, 0.4) is 0 Å². The normalized spacial score (nSPS) is 10.3. The average molecular weight is 450 g/mol. The molecule has 0 spiro atoms. The van der Waals surface area contributed by atoms with Crippen LogP contribution in [0.2, 0.25) is 0 Å². The summed E-state index contributed by atoms with van der Waals surface area (Å²) < 4.78 is 5.86. The van der Waals surface area contributed by atoms with Gasteiger partial charge in [-0.1, -0.05) is 65.3 Å². The van der Waals surface area contributed by atoms with Crippen molar-refractivity contribution >= 4 is 0 Å². The van der Waals surface area contributed by atoms with E-state index in [4.69, 9.17) is 15.3 Å². The largest absolute Gasteiger partial charge is 0.238 e. The van der Waals surface area contributed by atoms with Crippen LogP contribution in [-0.2, 0) is 36.3 Å². The van der Waals surface area contributed by atoms with Gasteiger partial charge in [0, 0.05) is 35.7 Å². The fourth-order valence-corrected chi connectivity index (χ4v) is 3.05. The number of hydrogen-bond donors (Lipinski definition) is 0. The predicted octanol–water partition coefficient (Wildman–Crippen LogP) is 5.04. The molecule has 163 valence electrons. The topological polar surface area (TPSA) is 53.5 Å². The fraction of sp³-hybridized carbons (Fsp3) is 0.435. The van der Waals surface area contributed by atoms with E-state index in [0.717, 1.165) is 55.6 Å². The summed E-state index contributed by atoms with van der Waals surface area (Å²) in [6.07, 6.45) is 15.4. The standard InChI is InChI=1S/C19H28N6.C4H6.Mn/c1-4-7-16-10-13-23(20-16)19(24-14-11-17(21-24)8-5-2)25-15-12-18(22-25)9-6-3;1-3-4-2;/h10-15,19H,4-9H2,1-3H3;3-4H,1-2H2;. The molecule has 0 N–H and O–H groups in total. The van der Waals surface area contributed by atoms with Gasteiger partial charge in [0.05, 0.1) is 17.1 Å². The van der Waals surface area contributed by atoms with E-state index >= 15 is 0 Å². The molecule has 0 fully saturated rings. The molecule has 6 nitrogen and oxygen atoms in total. The molecule has 0 aromatic carbocycles. The Balaban J connectivity index is 0.000000827. The maximum absolute atomic E-state index is 4.76. The molecule has 3 aromatic heterocycles. The number of aromatic nitrogens is 6. The van der Waals surface area contributed by atoms with Crippen LogP contribution in [0.1, 0.15) is 63.4 Å². The second-order valence-electron chi connectivity index (χ2n) is 6.93. The molecule has 0 atom stereocenters. The number of nitrogens with zero attached hydrogens (tertiary/aromatic N) is 6. The third-order valence-corrected chi connectivity index (χ3v) is 4.39. The quantitative estimate of drug-likeness (QED) is 0.322. The molecular formula is C23H34MnN6. The van der Waals surface area contributed by atoms with Crippen LogP contribution in [0.15, 0.2) is 62.1 Å². The minimum Gasteiger partial charge on any atom is -0.227 e. The molecule has 0 saturated heterocycles. The molecule has 3 rings (SSSR count). The summed E-state index contributed by atoms with van der Waals surface area (Å²) in [5.74, 6) is 0. The molecule has 30 heavy (non-hydrogen) atoms. The van der Waals surface area contributed by atoms with Gasteiger partial charge >= 0.3 is 0 Å². The molecule has 7 heteroatoms. The van der Waals surface area contributed by atoms with Crippen LogP contribution < -0.4 is 0 Å². The fourth-order valence-electron chi connectivity index (χ4n) is 3.05. The van der Waals surface area contributed by atoms with Crippen molar-refractivity contribution in [1.82, 2.24) is 29.3 Å². The van der Waals surface area contributed by atoms with Gasteiger partial charge in [0.15, 0.2) is 0 Å². The van der Waals surface area contributed by atoms with E-state index in [1.54, 1.807) is 12.2 Å². The second-order valence-corrected chi connectivity index (χ2v) is 6.93. The van der Waals surface area contributed by atoms with Crippen molar-refractivity contribution in [2.45, 2.75) is 65.6 Å². The molecule has 0 aliphatic rings. The summed E-state index contributed by atoms with van der Waals surface area (Å²) in [7, 11) is 0. The van der Waals surface area contributed by atoms with Crippen LogP contribution in [-0.4, -0.2) is 29.3 Å². The second kappa shape index (κ2) is 13.8. The van der Waals surface area contributed by atoms with Crippen molar-refractivity contribution in [3.8, 4) is 0 Å². The molecular weight excluding hydrogens is 415 g/mol. The molecule has 1 radical (unpaired) electrons.